The van der Waals surface area contributed by atoms with Gasteiger partial charge in [-0.15, -0.1) is 0 Å². The molecule has 0 aliphatic carbocycles. The number of likely N-dealkylation sites (N-methyl/N-ethyl adjacent to an activating group) is 1. The predicted octanol–water partition coefficient (Wildman–Crippen LogP) is 3.18. The predicted molar refractivity (Wildman–Crippen MR) is 120 cm³/mol. The zero-order valence-electron chi connectivity index (χ0n) is 17.1. The molecule has 1 aliphatic heterocycles. The van der Waals surface area contributed by atoms with Gasteiger partial charge in [0.25, 0.3) is 0 Å². The van der Waals surface area contributed by atoms with Crippen LogP contribution in [0, 0.1) is 0 Å². The maximum Gasteiger partial charge on any atom is 0.191 e. The molecule has 0 saturated carbocycles. The van der Waals surface area contributed by atoms with Gasteiger partial charge in [-0.2, -0.15) is 11.3 Å². The molecule has 1 fully saturated rings. The summed E-state index contributed by atoms with van der Waals surface area (Å²) >= 11 is 1.72. The Kier molecular flexibility index (Phi) is 8.33. The third-order valence-corrected chi connectivity index (χ3v) is 5.87. The molecule has 1 atom stereocenters. The Hall–Kier alpha value is -1.89. The molecule has 0 amide bonds. The van der Waals surface area contributed by atoms with Gasteiger partial charge in [-0.25, -0.2) is 4.99 Å². The standard InChI is InChI=1S/C22H33N5S/c1-3-23-22(25-16-19-10-15-28-18-19)24-11-7-12-27-14-13-26(2)17-21(27)20-8-5-4-6-9-20/h4-6,8-10,15,18,21H,3,7,11-14,16-17H2,1-2H3,(H2,23,24,25). The van der Waals surface area contributed by atoms with E-state index in [1.165, 1.54) is 11.1 Å². The van der Waals surface area contributed by atoms with Crippen LogP contribution in [0.1, 0.15) is 30.5 Å². The highest BCUT2D eigenvalue weighted by Crippen LogP contribution is 2.24. The minimum absolute atomic E-state index is 0.487. The van der Waals surface area contributed by atoms with Crippen LogP contribution in [-0.2, 0) is 6.54 Å². The van der Waals surface area contributed by atoms with Crippen LogP contribution in [0.5, 0.6) is 0 Å². The van der Waals surface area contributed by atoms with Crippen molar-refractivity contribution in [2.24, 2.45) is 4.99 Å². The van der Waals surface area contributed by atoms with Gasteiger partial charge in [-0.1, -0.05) is 30.3 Å². The second kappa shape index (κ2) is 11.2. The lowest BCUT2D eigenvalue weighted by Crippen LogP contribution is -2.47. The third kappa shape index (κ3) is 6.33. The number of rotatable bonds is 8. The fraction of sp³-hybridized carbons (Fsp3) is 0.500. The zero-order valence-corrected chi connectivity index (χ0v) is 17.9. The van der Waals surface area contributed by atoms with E-state index in [2.05, 4.69) is 81.6 Å². The van der Waals surface area contributed by atoms with Crippen molar-refractivity contribution in [1.29, 1.82) is 0 Å². The van der Waals surface area contributed by atoms with Gasteiger partial charge in [0, 0.05) is 45.3 Å². The fourth-order valence-electron chi connectivity index (χ4n) is 3.60. The molecule has 6 heteroatoms. The van der Waals surface area contributed by atoms with Crippen LogP contribution < -0.4 is 10.6 Å². The monoisotopic (exact) mass is 399 g/mol. The molecule has 2 aromatic rings. The van der Waals surface area contributed by atoms with Crippen molar-refractivity contribution in [2.75, 3.05) is 46.3 Å². The molecule has 2 heterocycles. The fourth-order valence-corrected chi connectivity index (χ4v) is 4.26. The molecule has 0 radical (unpaired) electrons. The number of nitrogens with zero attached hydrogens (tertiary/aromatic N) is 3. The summed E-state index contributed by atoms with van der Waals surface area (Å²) in [6.45, 7) is 9.12. The average molecular weight is 400 g/mol. The van der Waals surface area contributed by atoms with Gasteiger partial charge in [0.1, 0.15) is 0 Å². The molecular weight excluding hydrogens is 366 g/mol. The lowest BCUT2D eigenvalue weighted by molar-refractivity contribution is 0.0891. The number of nitrogens with one attached hydrogen (secondary N) is 2. The number of hydrogen-bond donors (Lipinski definition) is 2. The lowest BCUT2D eigenvalue weighted by atomic mass is 10.0. The summed E-state index contributed by atoms with van der Waals surface area (Å²) in [6.07, 6.45) is 1.11. The first kappa shape index (κ1) is 20.8. The van der Waals surface area contributed by atoms with Gasteiger partial charge in [0.2, 0.25) is 0 Å². The quantitative estimate of drug-likeness (QED) is 0.406. The van der Waals surface area contributed by atoms with Gasteiger partial charge in [-0.05, 0) is 48.3 Å². The lowest BCUT2D eigenvalue weighted by Gasteiger charge is -2.40. The van der Waals surface area contributed by atoms with Crippen LogP contribution in [0.15, 0.2) is 52.2 Å². The molecule has 1 saturated heterocycles. The second-order valence-corrected chi connectivity index (χ2v) is 8.11. The Balaban J connectivity index is 1.48. The molecule has 0 spiro atoms. The van der Waals surface area contributed by atoms with Gasteiger partial charge in [-0.3, -0.25) is 4.90 Å². The second-order valence-electron chi connectivity index (χ2n) is 7.33. The highest BCUT2D eigenvalue weighted by molar-refractivity contribution is 7.07. The molecule has 152 valence electrons. The van der Waals surface area contributed by atoms with E-state index < -0.39 is 0 Å². The number of piperazine rings is 1. The van der Waals surface area contributed by atoms with Crippen LogP contribution in [0.25, 0.3) is 0 Å². The SMILES string of the molecule is CCNC(=NCc1ccsc1)NCCCN1CCN(C)CC1c1ccccc1. The first-order valence-corrected chi connectivity index (χ1v) is 11.2. The summed E-state index contributed by atoms with van der Waals surface area (Å²) in [5, 5.41) is 11.1. The van der Waals surface area contributed by atoms with Crippen molar-refractivity contribution in [3.63, 3.8) is 0 Å². The van der Waals surface area contributed by atoms with Crippen molar-refractivity contribution < 1.29 is 0 Å². The van der Waals surface area contributed by atoms with E-state index >= 15 is 0 Å². The van der Waals surface area contributed by atoms with E-state index in [0.717, 1.165) is 58.2 Å². The van der Waals surface area contributed by atoms with Crippen molar-refractivity contribution in [3.8, 4) is 0 Å². The molecular formula is C22H33N5S. The number of benzene rings is 1. The molecule has 2 N–H and O–H groups in total. The summed E-state index contributed by atoms with van der Waals surface area (Å²) in [4.78, 5) is 9.76. The first-order chi connectivity index (χ1) is 13.8. The van der Waals surface area contributed by atoms with Crippen LogP contribution >= 0.6 is 11.3 Å². The average Bonchev–Trinajstić information content (AvgIpc) is 3.24. The van der Waals surface area contributed by atoms with Gasteiger partial charge >= 0.3 is 0 Å². The summed E-state index contributed by atoms with van der Waals surface area (Å²) in [5.74, 6) is 0.909. The van der Waals surface area contributed by atoms with E-state index in [-0.39, 0.29) is 0 Å². The Bertz CT molecular complexity index is 701. The van der Waals surface area contributed by atoms with E-state index in [9.17, 15) is 0 Å². The Morgan fingerprint density at radius 1 is 1.18 bits per heavy atom. The van der Waals surface area contributed by atoms with Crippen LogP contribution in [0.3, 0.4) is 0 Å². The number of hydrogen-bond acceptors (Lipinski definition) is 4. The molecule has 1 aromatic carbocycles. The highest BCUT2D eigenvalue weighted by Gasteiger charge is 2.25. The summed E-state index contributed by atoms with van der Waals surface area (Å²) in [6, 6.07) is 13.5. The van der Waals surface area contributed by atoms with E-state index in [4.69, 9.17) is 4.99 Å². The molecule has 28 heavy (non-hydrogen) atoms. The molecule has 5 nitrogen and oxygen atoms in total. The number of aliphatic imine (C=N–C) groups is 1. The summed E-state index contributed by atoms with van der Waals surface area (Å²) < 4.78 is 0. The first-order valence-electron chi connectivity index (χ1n) is 10.3. The van der Waals surface area contributed by atoms with E-state index in [1.54, 1.807) is 11.3 Å². The molecule has 1 aliphatic rings. The molecule has 1 aromatic heterocycles. The largest absolute Gasteiger partial charge is 0.357 e. The Labute approximate surface area is 173 Å². The minimum Gasteiger partial charge on any atom is -0.357 e. The van der Waals surface area contributed by atoms with Gasteiger partial charge < -0.3 is 15.5 Å². The number of guanidine groups is 1. The molecule has 3 rings (SSSR count). The Morgan fingerprint density at radius 3 is 2.79 bits per heavy atom. The van der Waals surface area contributed by atoms with Crippen molar-refractivity contribution in [1.82, 2.24) is 20.4 Å². The maximum atomic E-state index is 4.69. The molecule has 1 unspecified atom stereocenters. The topological polar surface area (TPSA) is 42.9 Å². The van der Waals surface area contributed by atoms with Gasteiger partial charge in [0.15, 0.2) is 5.96 Å². The van der Waals surface area contributed by atoms with Crippen molar-refractivity contribution >= 4 is 17.3 Å². The zero-order chi connectivity index (χ0) is 19.6. The van der Waals surface area contributed by atoms with E-state index in [0.29, 0.717) is 6.04 Å². The van der Waals surface area contributed by atoms with Crippen LogP contribution in [-0.4, -0.2) is 62.1 Å². The highest BCUT2D eigenvalue weighted by atomic mass is 32.1. The summed E-state index contributed by atoms with van der Waals surface area (Å²) in [7, 11) is 2.22. The third-order valence-electron chi connectivity index (χ3n) is 5.14. The minimum atomic E-state index is 0.487. The van der Waals surface area contributed by atoms with Crippen molar-refractivity contribution in [3.05, 3.63) is 58.3 Å². The normalized spacial score (nSPS) is 18.9. The summed E-state index contributed by atoms with van der Waals surface area (Å²) in [5.41, 5.74) is 2.69. The Morgan fingerprint density at radius 2 is 2.04 bits per heavy atom. The van der Waals surface area contributed by atoms with Crippen molar-refractivity contribution in [2.45, 2.75) is 25.9 Å². The van der Waals surface area contributed by atoms with Crippen LogP contribution in [0.4, 0.5) is 0 Å². The maximum absolute atomic E-state index is 4.69. The molecule has 0 bridgehead atoms. The van der Waals surface area contributed by atoms with Gasteiger partial charge in [0.05, 0.1) is 6.54 Å². The number of thiophene rings is 1. The van der Waals surface area contributed by atoms with E-state index in [1.807, 2.05) is 0 Å². The smallest absolute Gasteiger partial charge is 0.191 e. The van der Waals surface area contributed by atoms with Crippen LogP contribution in [0.2, 0.25) is 0 Å².